The Balaban J connectivity index is 1.75. The minimum atomic E-state index is -0.233. The standard InChI is InChI=1S/C20H21N3O3/c1-14(18-10-9-17(25-2)11-19(18)26-3)22-20(24)15-12-21-23(13-15)16-7-5-4-6-8-16/h4-14H,1-3H3,(H,22,24)/t14-/m1/s1. The highest BCUT2D eigenvalue weighted by atomic mass is 16.5. The lowest BCUT2D eigenvalue weighted by molar-refractivity contribution is 0.0939. The smallest absolute Gasteiger partial charge is 0.254 e. The first-order valence-corrected chi connectivity index (χ1v) is 8.25. The molecule has 3 aromatic rings. The first-order valence-electron chi connectivity index (χ1n) is 8.25. The normalized spacial score (nSPS) is 11.7. The maximum absolute atomic E-state index is 12.6. The summed E-state index contributed by atoms with van der Waals surface area (Å²) in [6, 6.07) is 14.9. The van der Waals surface area contributed by atoms with E-state index in [1.807, 2.05) is 49.4 Å². The van der Waals surface area contributed by atoms with Gasteiger partial charge in [0.2, 0.25) is 0 Å². The number of carbonyl (C=O) groups is 1. The highest BCUT2D eigenvalue weighted by Gasteiger charge is 2.17. The van der Waals surface area contributed by atoms with E-state index in [4.69, 9.17) is 9.47 Å². The van der Waals surface area contributed by atoms with Gasteiger partial charge >= 0.3 is 0 Å². The Hall–Kier alpha value is -3.28. The van der Waals surface area contributed by atoms with Crippen molar-refractivity contribution >= 4 is 5.91 Å². The molecule has 0 aliphatic rings. The zero-order valence-corrected chi connectivity index (χ0v) is 15.0. The Kier molecular flexibility index (Phi) is 5.22. The first-order chi connectivity index (χ1) is 12.6. The number of nitrogens with zero attached hydrogens (tertiary/aromatic N) is 2. The van der Waals surface area contributed by atoms with Crippen LogP contribution in [0.1, 0.15) is 28.9 Å². The van der Waals surface area contributed by atoms with Crippen LogP contribution in [0, 0.1) is 0 Å². The molecule has 1 atom stereocenters. The van der Waals surface area contributed by atoms with Gasteiger partial charge in [-0.3, -0.25) is 4.79 Å². The van der Waals surface area contributed by atoms with Gasteiger partial charge in [0.1, 0.15) is 11.5 Å². The van der Waals surface area contributed by atoms with Crippen LogP contribution in [0.25, 0.3) is 5.69 Å². The second-order valence-corrected chi connectivity index (χ2v) is 5.81. The van der Waals surface area contributed by atoms with E-state index in [0.717, 1.165) is 11.3 Å². The van der Waals surface area contributed by atoms with Crippen LogP contribution in [0.5, 0.6) is 11.5 Å². The number of ether oxygens (including phenoxy) is 2. The molecule has 26 heavy (non-hydrogen) atoms. The monoisotopic (exact) mass is 351 g/mol. The molecule has 134 valence electrons. The van der Waals surface area contributed by atoms with Crippen molar-refractivity contribution in [3.8, 4) is 17.2 Å². The quantitative estimate of drug-likeness (QED) is 0.739. The van der Waals surface area contributed by atoms with Crippen LogP contribution in [0.3, 0.4) is 0 Å². The molecule has 3 rings (SSSR count). The van der Waals surface area contributed by atoms with E-state index in [2.05, 4.69) is 10.4 Å². The largest absolute Gasteiger partial charge is 0.497 e. The summed E-state index contributed by atoms with van der Waals surface area (Å²) in [5.41, 5.74) is 2.27. The molecule has 0 aliphatic heterocycles. The number of carbonyl (C=O) groups excluding carboxylic acids is 1. The van der Waals surface area contributed by atoms with Crippen LogP contribution < -0.4 is 14.8 Å². The van der Waals surface area contributed by atoms with Crippen LogP contribution in [0.15, 0.2) is 60.9 Å². The summed E-state index contributed by atoms with van der Waals surface area (Å²) in [6.45, 7) is 1.91. The van der Waals surface area contributed by atoms with Crippen molar-refractivity contribution in [2.24, 2.45) is 0 Å². The van der Waals surface area contributed by atoms with Gasteiger partial charge in [-0.1, -0.05) is 18.2 Å². The van der Waals surface area contributed by atoms with Crippen molar-refractivity contribution < 1.29 is 14.3 Å². The maximum Gasteiger partial charge on any atom is 0.254 e. The Bertz CT molecular complexity index is 890. The average molecular weight is 351 g/mol. The fraction of sp³-hybridized carbons (Fsp3) is 0.200. The number of methoxy groups -OCH3 is 2. The molecular formula is C20H21N3O3. The van der Waals surface area contributed by atoms with E-state index in [1.165, 1.54) is 0 Å². The highest BCUT2D eigenvalue weighted by molar-refractivity contribution is 5.94. The number of aromatic nitrogens is 2. The molecule has 1 amide bonds. The molecule has 0 bridgehead atoms. The predicted molar refractivity (Wildman–Crippen MR) is 99.0 cm³/mol. The van der Waals surface area contributed by atoms with E-state index in [9.17, 15) is 4.79 Å². The van der Waals surface area contributed by atoms with Gasteiger partial charge in [0.05, 0.1) is 37.7 Å². The molecule has 2 aromatic carbocycles. The summed E-state index contributed by atoms with van der Waals surface area (Å²) < 4.78 is 12.3. The number of hydrogen-bond donors (Lipinski definition) is 1. The summed E-state index contributed by atoms with van der Waals surface area (Å²) in [4.78, 5) is 12.6. The fourth-order valence-electron chi connectivity index (χ4n) is 2.70. The molecule has 6 nitrogen and oxygen atoms in total. The van der Waals surface area contributed by atoms with Crippen molar-refractivity contribution in [1.82, 2.24) is 15.1 Å². The third-order valence-electron chi connectivity index (χ3n) is 4.12. The van der Waals surface area contributed by atoms with Crippen LogP contribution in [0.4, 0.5) is 0 Å². The van der Waals surface area contributed by atoms with Gasteiger partial charge < -0.3 is 14.8 Å². The maximum atomic E-state index is 12.6. The van der Waals surface area contributed by atoms with Gasteiger partial charge in [-0.05, 0) is 31.2 Å². The third-order valence-corrected chi connectivity index (χ3v) is 4.12. The zero-order chi connectivity index (χ0) is 18.5. The number of hydrogen-bond acceptors (Lipinski definition) is 4. The second-order valence-electron chi connectivity index (χ2n) is 5.81. The topological polar surface area (TPSA) is 65.4 Å². The van der Waals surface area contributed by atoms with E-state index < -0.39 is 0 Å². The number of benzene rings is 2. The van der Waals surface area contributed by atoms with Crippen LogP contribution in [0.2, 0.25) is 0 Å². The summed E-state index contributed by atoms with van der Waals surface area (Å²) in [7, 11) is 3.20. The van der Waals surface area contributed by atoms with Gasteiger partial charge in [0.25, 0.3) is 5.91 Å². The Labute approximate surface area is 152 Å². The molecular weight excluding hydrogens is 330 g/mol. The first kappa shape index (κ1) is 17.5. The number of nitrogens with one attached hydrogen (secondary N) is 1. The van der Waals surface area contributed by atoms with E-state index in [1.54, 1.807) is 37.4 Å². The summed E-state index contributed by atoms with van der Waals surface area (Å²) in [6.07, 6.45) is 3.27. The number of para-hydroxylation sites is 1. The van der Waals surface area contributed by atoms with Crippen molar-refractivity contribution in [3.05, 3.63) is 72.1 Å². The molecule has 0 unspecified atom stereocenters. The highest BCUT2D eigenvalue weighted by Crippen LogP contribution is 2.29. The lowest BCUT2D eigenvalue weighted by Crippen LogP contribution is -2.26. The number of amides is 1. The minimum absolute atomic E-state index is 0.197. The van der Waals surface area contributed by atoms with Crippen molar-refractivity contribution in [2.75, 3.05) is 14.2 Å². The average Bonchev–Trinajstić information content (AvgIpc) is 3.18. The molecule has 1 N–H and O–H groups in total. The van der Waals surface area contributed by atoms with E-state index in [-0.39, 0.29) is 11.9 Å². The molecule has 0 saturated heterocycles. The van der Waals surface area contributed by atoms with Crippen LogP contribution in [-0.4, -0.2) is 29.9 Å². The fourth-order valence-corrected chi connectivity index (χ4v) is 2.70. The number of rotatable bonds is 6. The van der Waals surface area contributed by atoms with Gasteiger partial charge in [-0.15, -0.1) is 0 Å². The third kappa shape index (κ3) is 3.69. The lowest BCUT2D eigenvalue weighted by atomic mass is 10.1. The molecule has 6 heteroatoms. The summed E-state index contributed by atoms with van der Waals surface area (Å²) in [5.74, 6) is 1.17. The summed E-state index contributed by atoms with van der Waals surface area (Å²) in [5, 5.41) is 7.23. The van der Waals surface area contributed by atoms with E-state index in [0.29, 0.717) is 17.1 Å². The molecule has 0 saturated carbocycles. The summed E-state index contributed by atoms with van der Waals surface area (Å²) >= 11 is 0. The van der Waals surface area contributed by atoms with Gasteiger partial charge in [-0.25, -0.2) is 4.68 Å². The Morgan fingerprint density at radius 3 is 2.58 bits per heavy atom. The van der Waals surface area contributed by atoms with Crippen LogP contribution >= 0.6 is 0 Å². The van der Waals surface area contributed by atoms with Crippen molar-refractivity contribution in [1.29, 1.82) is 0 Å². The SMILES string of the molecule is COc1ccc([C@@H](C)NC(=O)c2cnn(-c3ccccc3)c2)c(OC)c1. The molecule has 1 heterocycles. The lowest BCUT2D eigenvalue weighted by Gasteiger charge is -2.17. The Morgan fingerprint density at radius 2 is 1.88 bits per heavy atom. The molecule has 0 spiro atoms. The second kappa shape index (κ2) is 7.74. The van der Waals surface area contributed by atoms with Crippen LogP contribution in [-0.2, 0) is 0 Å². The van der Waals surface area contributed by atoms with Gasteiger partial charge in [0, 0.05) is 17.8 Å². The van der Waals surface area contributed by atoms with Crippen molar-refractivity contribution in [3.63, 3.8) is 0 Å². The molecule has 1 aromatic heterocycles. The Morgan fingerprint density at radius 1 is 1.12 bits per heavy atom. The molecule has 0 radical (unpaired) electrons. The predicted octanol–water partition coefficient (Wildman–Crippen LogP) is 3.38. The molecule has 0 fully saturated rings. The zero-order valence-electron chi connectivity index (χ0n) is 15.0. The van der Waals surface area contributed by atoms with E-state index >= 15 is 0 Å². The molecule has 0 aliphatic carbocycles. The van der Waals surface area contributed by atoms with Gasteiger partial charge in [-0.2, -0.15) is 5.10 Å². The minimum Gasteiger partial charge on any atom is -0.497 e. The van der Waals surface area contributed by atoms with Crippen molar-refractivity contribution in [2.45, 2.75) is 13.0 Å². The van der Waals surface area contributed by atoms with Gasteiger partial charge in [0.15, 0.2) is 0 Å².